The van der Waals surface area contributed by atoms with E-state index in [1.165, 1.54) is 11.0 Å². The van der Waals surface area contributed by atoms with Gasteiger partial charge in [-0.3, -0.25) is 15.0 Å². The minimum atomic E-state index is -4.52. The van der Waals surface area contributed by atoms with Gasteiger partial charge in [0.25, 0.3) is 5.91 Å². The van der Waals surface area contributed by atoms with E-state index in [1.807, 2.05) is 0 Å². The van der Waals surface area contributed by atoms with Crippen LogP contribution in [0.3, 0.4) is 0 Å². The van der Waals surface area contributed by atoms with Crippen LogP contribution in [0.5, 0.6) is 0 Å². The molecule has 8 nitrogen and oxygen atoms in total. The molecular weight excluding hydrogens is 413 g/mol. The second-order valence-corrected chi connectivity index (χ2v) is 7.98. The Morgan fingerprint density at radius 2 is 1.97 bits per heavy atom. The number of carbonyl (C=O) groups is 2. The molecule has 3 aliphatic rings. The number of hydrogen-bond donors (Lipinski definition) is 2. The average Bonchev–Trinajstić information content (AvgIpc) is 3.42. The first-order valence-corrected chi connectivity index (χ1v) is 9.94. The van der Waals surface area contributed by atoms with Crippen LogP contribution in [0.1, 0.15) is 29.8 Å². The second kappa shape index (κ2) is 6.82. The molecule has 0 aromatic carbocycles. The molecule has 0 unspecified atom stereocenters. The van der Waals surface area contributed by atoms with Crippen molar-refractivity contribution in [3.8, 4) is 0 Å². The van der Waals surface area contributed by atoms with E-state index in [9.17, 15) is 22.8 Å². The van der Waals surface area contributed by atoms with E-state index >= 15 is 0 Å². The Labute approximate surface area is 175 Å². The molecule has 1 atom stereocenters. The molecular formula is C20H19F3N6O2. The van der Waals surface area contributed by atoms with Crippen LogP contribution in [0.25, 0.3) is 0 Å². The molecule has 4 heterocycles. The smallest absolute Gasteiger partial charge is 0.366 e. The summed E-state index contributed by atoms with van der Waals surface area (Å²) < 4.78 is 39.7. The first-order chi connectivity index (χ1) is 14.8. The lowest BCUT2D eigenvalue weighted by atomic mass is 10.1. The summed E-state index contributed by atoms with van der Waals surface area (Å²) >= 11 is 0. The highest BCUT2D eigenvalue weighted by Crippen LogP contribution is 2.49. The van der Waals surface area contributed by atoms with Crippen molar-refractivity contribution in [2.24, 2.45) is 0 Å². The topological polar surface area (TPSA) is 90.5 Å². The summed E-state index contributed by atoms with van der Waals surface area (Å²) in [6, 6.07) is 7.52. The van der Waals surface area contributed by atoms with E-state index in [0.717, 1.165) is 6.54 Å². The number of nitrogens with one attached hydrogen (secondary N) is 2. The number of rotatable bonds is 3. The van der Waals surface area contributed by atoms with Crippen molar-refractivity contribution in [2.45, 2.75) is 37.0 Å². The summed E-state index contributed by atoms with van der Waals surface area (Å²) in [6.45, 7) is 1.34. The number of fused-ring (bicyclic) bond motifs is 4. The van der Waals surface area contributed by atoms with Crippen LogP contribution in [0, 0.1) is 0 Å². The van der Waals surface area contributed by atoms with E-state index in [0.29, 0.717) is 24.5 Å². The number of nitrogens with zero attached hydrogens (tertiary/aromatic N) is 4. The fourth-order valence-corrected chi connectivity index (χ4v) is 4.09. The predicted molar refractivity (Wildman–Crippen MR) is 106 cm³/mol. The normalized spacial score (nSPS) is 20.8. The van der Waals surface area contributed by atoms with Crippen molar-refractivity contribution in [3.63, 3.8) is 0 Å². The summed E-state index contributed by atoms with van der Waals surface area (Å²) in [5.74, 6) is -0.286. The fourth-order valence-electron chi connectivity index (χ4n) is 4.09. The lowest BCUT2D eigenvalue weighted by Gasteiger charge is -2.35. The molecule has 2 aromatic rings. The van der Waals surface area contributed by atoms with E-state index in [4.69, 9.17) is 0 Å². The quantitative estimate of drug-likeness (QED) is 0.779. The molecule has 2 fully saturated rings. The van der Waals surface area contributed by atoms with Gasteiger partial charge in [-0.05, 0) is 43.5 Å². The Bertz CT molecular complexity index is 1040. The number of urea groups is 1. The molecule has 31 heavy (non-hydrogen) atoms. The monoisotopic (exact) mass is 432 g/mol. The highest BCUT2D eigenvalue weighted by molar-refractivity contribution is 6.05. The van der Waals surface area contributed by atoms with E-state index in [1.54, 1.807) is 30.5 Å². The number of alkyl halides is 3. The van der Waals surface area contributed by atoms with Gasteiger partial charge < -0.3 is 10.2 Å². The molecule has 2 bridgehead atoms. The lowest BCUT2D eigenvalue weighted by molar-refractivity contribution is -0.163. The Morgan fingerprint density at radius 1 is 1.16 bits per heavy atom. The standard InChI is InChI=1S/C20H19F3N6O2/c21-20(22,23)19(7-8-19)27-17(30)13-4-5-14-16(25-13)29(12-6-10-28(14)11-12)18(31)26-15-3-1-2-9-24-15/h1-5,9,12H,6-8,10-11H2,(H,27,30)(H,24,26,31)/t12-/m0/s1. The first kappa shape index (κ1) is 19.6. The molecule has 162 valence electrons. The summed E-state index contributed by atoms with van der Waals surface area (Å²) in [4.78, 5) is 37.5. The Balaban J connectivity index is 1.44. The van der Waals surface area contributed by atoms with Crippen molar-refractivity contribution >= 4 is 29.3 Å². The van der Waals surface area contributed by atoms with E-state index in [2.05, 4.69) is 25.5 Å². The van der Waals surface area contributed by atoms with Crippen LogP contribution in [-0.2, 0) is 0 Å². The van der Waals surface area contributed by atoms with Gasteiger partial charge in [0.2, 0.25) is 0 Å². The van der Waals surface area contributed by atoms with Crippen LogP contribution in [0.2, 0.25) is 0 Å². The Kier molecular flexibility index (Phi) is 4.31. The van der Waals surface area contributed by atoms with Gasteiger partial charge in [-0.2, -0.15) is 13.2 Å². The van der Waals surface area contributed by atoms with Crippen molar-refractivity contribution < 1.29 is 22.8 Å². The van der Waals surface area contributed by atoms with Crippen molar-refractivity contribution in [3.05, 3.63) is 42.2 Å². The van der Waals surface area contributed by atoms with Crippen LogP contribution in [-0.4, -0.2) is 52.8 Å². The summed E-state index contributed by atoms with van der Waals surface area (Å²) in [5, 5.41) is 4.80. The molecule has 0 spiro atoms. The number of pyridine rings is 2. The van der Waals surface area contributed by atoms with Gasteiger partial charge in [-0.15, -0.1) is 0 Å². The molecule has 1 saturated heterocycles. The zero-order valence-corrected chi connectivity index (χ0v) is 16.3. The number of amides is 3. The van der Waals surface area contributed by atoms with Gasteiger partial charge in [-0.1, -0.05) is 6.07 Å². The van der Waals surface area contributed by atoms with Gasteiger partial charge in [0, 0.05) is 19.3 Å². The highest BCUT2D eigenvalue weighted by atomic mass is 19.4. The van der Waals surface area contributed by atoms with Crippen LogP contribution >= 0.6 is 0 Å². The molecule has 2 aromatic heterocycles. The SMILES string of the molecule is O=C(NC1(C(F)(F)F)CC1)c1ccc2c(n1)N(C(=O)Nc1ccccn1)[C@H]1CCN2C1. The third-order valence-corrected chi connectivity index (χ3v) is 5.95. The summed E-state index contributed by atoms with van der Waals surface area (Å²) in [7, 11) is 0. The average molecular weight is 432 g/mol. The third kappa shape index (κ3) is 3.33. The minimum absolute atomic E-state index is 0.151. The molecule has 1 saturated carbocycles. The van der Waals surface area contributed by atoms with E-state index in [-0.39, 0.29) is 30.4 Å². The van der Waals surface area contributed by atoms with Gasteiger partial charge >= 0.3 is 12.2 Å². The number of aromatic nitrogens is 2. The molecule has 2 N–H and O–H groups in total. The van der Waals surface area contributed by atoms with Gasteiger partial charge in [-0.25, -0.2) is 14.8 Å². The molecule has 2 aliphatic heterocycles. The van der Waals surface area contributed by atoms with Gasteiger partial charge in [0.15, 0.2) is 5.82 Å². The predicted octanol–water partition coefficient (Wildman–Crippen LogP) is 2.93. The Hall–Kier alpha value is -3.37. The van der Waals surface area contributed by atoms with Crippen LogP contribution < -0.4 is 20.4 Å². The van der Waals surface area contributed by atoms with Crippen molar-refractivity contribution in [1.29, 1.82) is 0 Å². The molecule has 0 radical (unpaired) electrons. The minimum Gasteiger partial charge on any atom is -0.366 e. The maximum Gasteiger partial charge on any atom is 0.411 e. The molecule has 3 amide bonds. The van der Waals surface area contributed by atoms with Crippen molar-refractivity contribution in [2.75, 3.05) is 28.2 Å². The lowest BCUT2D eigenvalue weighted by Crippen LogP contribution is -2.49. The Morgan fingerprint density at radius 3 is 2.65 bits per heavy atom. The number of carbonyl (C=O) groups excluding carboxylic acids is 2. The molecule has 1 aliphatic carbocycles. The van der Waals surface area contributed by atoms with Crippen LogP contribution in [0.4, 0.5) is 35.3 Å². The van der Waals surface area contributed by atoms with Crippen LogP contribution in [0.15, 0.2) is 36.5 Å². The van der Waals surface area contributed by atoms with Gasteiger partial charge in [0.05, 0.1) is 11.7 Å². The maximum atomic E-state index is 13.2. The summed E-state index contributed by atoms with van der Waals surface area (Å²) in [5.41, 5.74) is -1.67. The largest absolute Gasteiger partial charge is 0.411 e. The third-order valence-electron chi connectivity index (χ3n) is 5.95. The highest BCUT2D eigenvalue weighted by Gasteiger charge is 2.64. The van der Waals surface area contributed by atoms with Crippen molar-refractivity contribution in [1.82, 2.24) is 15.3 Å². The fraction of sp³-hybridized carbons (Fsp3) is 0.400. The molecule has 11 heteroatoms. The second-order valence-electron chi connectivity index (χ2n) is 7.98. The maximum absolute atomic E-state index is 13.2. The number of halogens is 3. The first-order valence-electron chi connectivity index (χ1n) is 9.94. The van der Waals surface area contributed by atoms with E-state index < -0.39 is 23.7 Å². The molecule has 5 rings (SSSR count). The van der Waals surface area contributed by atoms with Gasteiger partial charge in [0.1, 0.15) is 17.1 Å². The summed E-state index contributed by atoms with van der Waals surface area (Å²) in [6.07, 6.45) is -2.56. The zero-order chi connectivity index (χ0) is 21.8. The number of anilines is 3. The zero-order valence-electron chi connectivity index (χ0n) is 16.3. The number of hydrogen-bond acceptors (Lipinski definition) is 5.